The molecule has 2 saturated heterocycles. The highest BCUT2D eigenvalue weighted by molar-refractivity contribution is 5.89. The van der Waals surface area contributed by atoms with E-state index >= 15 is 0 Å². The predicted molar refractivity (Wildman–Crippen MR) is 89.8 cm³/mol. The molecule has 6 rings (SSSR count). The molecule has 8 heteroatoms. The fraction of sp³-hybridized carbons (Fsp3) is 0.300. The molecule has 0 unspecified atom stereocenters. The minimum atomic E-state index is -0.724. The zero-order chi connectivity index (χ0) is 18.8. The monoisotopic (exact) mass is 382 g/mol. The van der Waals surface area contributed by atoms with Crippen molar-refractivity contribution in [1.82, 2.24) is 0 Å². The number of hydrogen-bond acceptors (Lipinski definition) is 8. The van der Waals surface area contributed by atoms with Gasteiger partial charge in [0.2, 0.25) is 13.6 Å². The molecule has 0 saturated carbocycles. The van der Waals surface area contributed by atoms with Gasteiger partial charge >= 0.3 is 11.9 Å². The Bertz CT molecular complexity index is 934. The van der Waals surface area contributed by atoms with Crippen molar-refractivity contribution < 1.29 is 38.0 Å². The summed E-state index contributed by atoms with van der Waals surface area (Å²) in [7, 11) is 0. The van der Waals surface area contributed by atoms with Gasteiger partial charge < -0.3 is 28.4 Å². The standard InChI is InChI=1S/C20H14O8/c21-19-15-16(18(28-19)10-2-4-12-14(6-10)26-8-24-12)20(22)27-17(15)9-1-3-11-13(5-9)25-7-23-11/h1-6,15-18H,7-8H2/t15-,16-,17-,18+/m1/s1. The minimum Gasteiger partial charge on any atom is -0.456 e. The normalized spacial score (nSPS) is 28.9. The predicted octanol–water partition coefficient (Wildman–Crippen LogP) is 2.27. The Morgan fingerprint density at radius 1 is 0.607 bits per heavy atom. The Labute approximate surface area is 158 Å². The highest BCUT2D eigenvalue weighted by Gasteiger charge is 2.60. The summed E-state index contributed by atoms with van der Waals surface area (Å²) in [6.07, 6.45) is -1.45. The summed E-state index contributed by atoms with van der Waals surface area (Å²) in [5.74, 6) is 0.0223. The minimum absolute atomic E-state index is 0.142. The van der Waals surface area contributed by atoms with Crippen LogP contribution in [0.15, 0.2) is 36.4 Å². The molecule has 0 radical (unpaired) electrons. The Morgan fingerprint density at radius 2 is 1.04 bits per heavy atom. The fourth-order valence-electron chi connectivity index (χ4n) is 4.20. The average molecular weight is 382 g/mol. The number of esters is 2. The maximum atomic E-state index is 12.7. The van der Waals surface area contributed by atoms with Crippen molar-refractivity contribution in [1.29, 1.82) is 0 Å². The number of ether oxygens (including phenoxy) is 6. The van der Waals surface area contributed by atoms with Crippen molar-refractivity contribution in [3.05, 3.63) is 47.5 Å². The Morgan fingerprint density at radius 3 is 1.50 bits per heavy atom. The summed E-state index contributed by atoms with van der Waals surface area (Å²) < 4.78 is 32.6. The second kappa shape index (κ2) is 5.54. The van der Waals surface area contributed by atoms with Gasteiger partial charge in [0.1, 0.15) is 24.0 Å². The molecule has 0 aliphatic carbocycles. The van der Waals surface area contributed by atoms with Crippen LogP contribution in [0.25, 0.3) is 0 Å². The van der Waals surface area contributed by atoms with Gasteiger partial charge in [0.05, 0.1) is 0 Å². The summed E-state index contributed by atoms with van der Waals surface area (Å²) in [4.78, 5) is 25.3. The van der Waals surface area contributed by atoms with Crippen LogP contribution >= 0.6 is 0 Å². The van der Waals surface area contributed by atoms with E-state index in [4.69, 9.17) is 28.4 Å². The van der Waals surface area contributed by atoms with Gasteiger partial charge in [0.25, 0.3) is 0 Å². The van der Waals surface area contributed by atoms with Crippen LogP contribution in [0, 0.1) is 11.8 Å². The largest absolute Gasteiger partial charge is 0.456 e. The summed E-state index contributed by atoms with van der Waals surface area (Å²) in [6.45, 7) is 0.285. The van der Waals surface area contributed by atoms with Gasteiger partial charge in [-0.2, -0.15) is 0 Å². The first kappa shape index (κ1) is 15.6. The Kier molecular flexibility index (Phi) is 3.09. The van der Waals surface area contributed by atoms with Gasteiger partial charge in [-0.15, -0.1) is 0 Å². The second-order valence-electron chi connectivity index (χ2n) is 6.99. The smallest absolute Gasteiger partial charge is 0.314 e. The summed E-state index contributed by atoms with van der Waals surface area (Å²) in [6, 6.07) is 10.5. The van der Waals surface area contributed by atoms with Crippen LogP contribution in [0.5, 0.6) is 23.0 Å². The van der Waals surface area contributed by atoms with E-state index in [1.807, 2.05) is 0 Å². The van der Waals surface area contributed by atoms with Crippen LogP contribution in [0.4, 0.5) is 0 Å². The summed E-state index contributed by atoms with van der Waals surface area (Å²) >= 11 is 0. The van der Waals surface area contributed by atoms with Crippen LogP contribution < -0.4 is 18.9 Å². The molecule has 4 aliphatic rings. The van der Waals surface area contributed by atoms with Gasteiger partial charge in [-0.25, -0.2) is 0 Å². The van der Waals surface area contributed by atoms with Crippen LogP contribution in [-0.4, -0.2) is 25.5 Å². The van der Waals surface area contributed by atoms with E-state index < -0.39 is 36.0 Å². The Balaban J connectivity index is 1.35. The molecule has 0 N–H and O–H groups in total. The number of carbonyl (C=O) groups is 2. The molecule has 2 aromatic rings. The zero-order valence-electron chi connectivity index (χ0n) is 14.5. The maximum absolute atomic E-state index is 12.7. The highest BCUT2D eigenvalue weighted by atomic mass is 16.7. The molecule has 8 nitrogen and oxygen atoms in total. The highest BCUT2D eigenvalue weighted by Crippen LogP contribution is 2.53. The molecule has 0 bridgehead atoms. The van der Waals surface area contributed by atoms with Crippen molar-refractivity contribution in [2.24, 2.45) is 11.8 Å². The number of fused-ring (bicyclic) bond motifs is 3. The molecule has 0 aromatic heterocycles. The third kappa shape index (κ3) is 2.11. The second-order valence-corrected chi connectivity index (χ2v) is 6.99. The lowest BCUT2D eigenvalue weighted by Gasteiger charge is -2.15. The topological polar surface area (TPSA) is 89.5 Å². The van der Waals surface area contributed by atoms with Crippen LogP contribution in [-0.2, 0) is 19.1 Å². The van der Waals surface area contributed by atoms with E-state index in [2.05, 4.69) is 0 Å². The number of cyclic esters (lactones) is 2. The summed E-state index contributed by atoms with van der Waals surface area (Å²) in [5, 5.41) is 0. The molecular weight excluding hydrogens is 368 g/mol. The van der Waals surface area contributed by atoms with Gasteiger partial charge in [-0.1, -0.05) is 12.1 Å². The van der Waals surface area contributed by atoms with E-state index in [0.29, 0.717) is 34.1 Å². The molecule has 0 spiro atoms. The van der Waals surface area contributed by atoms with E-state index in [9.17, 15) is 9.59 Å². The van der Waals surface area contributed by atoms with Gasteiger partial charge in [-0.05, 0) is 35.4 Å². The average Bonchev–Trinajstić information content (AvgIpc) is 3.46. The van der Waals surface area contributed by atoms with Crippen molar-refractivity contribution >= 4 is 11.9 Å². The van der Waals surface area contributed by atoms with Crippen molar-refractivity contribution in [3.63, 3.8) is 0 Å². The van der Waals surface area contributed by atoms with Gasteiger partial charge in [0, 0.05) is 0 Å². The molecule has 4 aliphatic heterocycles. The first-order valence-electron chi connectivity index (χ1n) is 8.89. The lowest BCUT2D eigenvalue weighted by atomic mass is 9.84. The number of benzene rings is 2. The summed E-state index contributed by atoms with van der Waals surface area (Å²) in [5.41, 5.74) is 1.35. The molecular formula is C20H14O8. The zero-order valence-corrected chi connectivity index (χ0v) is 14.5. The molecule has 2 fully saturated rings. The molecule has 28 heavy (non-hydrogen) atoms. The quantitative estimate of drug-likeness (QED) is 0.731. The SMILES string of the molecule is O=C1O[C@@H](c2ccc3c(c2)OCO3)[C@@H]2C(=O)O[C@H](c3ccc4c(c3)OCO4)[C@H]12. The molecule has 142 valence electrons. The van der Waals surface area contributed by atoms with E-state index in [0.717, 1.165) is 0 Å². The van der Waals surface area contributed by atoms with Crippen molar-refractivity contribution in [2.45, 2.75) is 12.2 Å². The lowest BCUT2D eigenvalue weighted by molar-refractivity contribution is -0.154. The number of hydrogen-bond donors (Lipinski definition) is 0. The van der Waals surface area contributed by atoms with E-state index in [-0.39, 0.29) is 13.6 Å². The number of carbonyl (C=O) groups excluding carboxylic acids is 2. The van der Waals surface area contributed by atoms with Gasteiger partial charge in [0.15, 0.2) is 23.0 Å². The fourth-order valence-corrected chi connectivity index (χ4v) is 4.20. The van der Waals surface area contributed by atoms with E-state index in [1.54, 1.807) is 36.4 Å². The lowest BCUT2D eigenvalue weighted by Crippen LogP contribution is -2.19. The molecule has 2 aromatic carbocycles. The first-order valence-corrected chi connectivity index (χ1v) is 8.89. The first-order chi connectivity index (χ1) is 13.7. The maximum Gasteiger partial charge on any atom is 0.314 e. The van der Waals surface area contributed by atoms with E-state index in [1.165, 1.54) is 0 Å². The van der Waals surface area contributed by atoms with Crippen molar-refractivity contribution in [2.75, 3.05) is 13.6 Å². The van der Waals surface area contributed by atoms with Crippen LogP contribution in [0.2, 0.25) is 0 Å². The Hall–Kier alpha value is -3.42. The third-order valence-electron chi connectivity index (χ3n) is 5.52. The third-order valence-corrected chi connectivity index (χ3v) is 5.52. The van der Waals surface area contributed by atoms with Crippen LogP contribution in [0.1, 0.15) is 23.3 Å². The van der Waals surface area contributed by atoms with Crippen molar-refractivity contribution in [3.8, 4) is 23.0 Å². The van der Waals surface area contributed by atoms with Crippen LogP contribution in [0.3, 0.4) is 0 Å². The number of rotatable bonds is 2. The molecule has 4 atom stereocenters. The molecule has 0 amide bonds. The molecule has 4 heterocycles. The van der Waals surface area contributed by atoms with Gasteiger partial charge in [-0.3, -0.25) is 9.59 Å².